The summed E-state index contributed by atoms with van der Waals surface area (Å²) < 4.78 is 6.17. The monoisotopic (exact) mass is 450 g/mol. The fourth-order valence-electron chi connectivity index (χ4n) is 4.50. The van der Waals surface area contributed by atoms with Crippen LogP contribution in [0.2, 0.25) is 0 Å². The Kier molecular flexibility index (Phi) is 6.11. The summed E-state index contributed by atoms with van der Waals surface area (Å²) >= 11 is 0. The summed E-state index contributed by atoms with van der Waals surface area (Å²) in [7, 11) is 0. The Morgan fingerprint density at radius 1 is 1.00 bits per heavy atom. The second-order valence-electron chi connectivity index (χ2n) is 8.42. The summed E-state index contributed by atoms with van der Waals surface area (Å²) in [6, 6.07) is 25.5. The van der Waals surface area contributed by atoms with Crippen LogP contribution in [-0.2, 0) is 13.2 Å². The minimum Gasteiger partial charge on any atom is -0.488 e. The van der Waals surface area contributed by atoms with Crippen molar-refractivity contribution in [2.45, 2.75) is 20.1 Å². The third-order valence-corrected chi connectivity index (χ3v) is 6.22. The Morgan fingerprint density at radius 3 is 2.53 bits per heavy atom. The van der Waals surface area contributed by atoms with E-state index in [9.17, 15) is 9.90 Å². The third kappa shape index (κ3) is 4.30. The molecule has 5 nitrogen and oxygen atoms in total. The van der Waals surface area contributed by atoms with Crippen molar-refractivity contribution in [1.29, 1.82) is 0 Å². The highest BCUT2D eigenvalue weighted by Gasteiger charge is 2.28. The van der Waals surface area contributed by atoms with Crippen molar-refractivity contribution >= 4 is 28.5 Å². The second kappa shape index (κ2) is 9.49. The molecule has 5 rings (SSSR count). The first-order valence-corrected chi connectivity index (χ1v) is 11.5. The Bertz CT molecular complexity index is 1380. The number of hydrogen-bond donors (Lipinski definition) is 1. The zero-order valence-electron chi connectivity index (χ0n) is 19.1. The van der Waals surface area contributed by atoms with Crippen molar-refractivity contribution in [1.82, 2.24) is 9.88 Å². The van der Waals surface area contributed by atoms with Gasteiger partial charge in [0.2, 0.25) is 0 Å². The molecule has 1 N–H and O–H groups in total. The van der Waals surface area contributed by atoms with Gasteiger partial charge in [0, 0.05) is 29.6 Å². The van der Waals surface area contributed by atoms with Crippen LogP contribution in [0.4, 0.5) is 0 Å². The summed E-state index contributed by atoms with van der Waals surface area (Å²) in [4.78, 5) is 19.5. The maximum absolute atomic E-state index is 12.3. The average molecular weight is 451 g/mol. The highest BCUT2D eigenvalue weighted by Crippen LogP contribution is 2.35. The van der Waals surface area contributed by atoms with Crippen LogP contribution in [0.15, 0.2) is 78.9 Å². The van der Waals surface area contributed by atoms with Crippen LogP contribution in [0.25, 0.3) is 22.6 Å². The fraction of sp³-hybridized carbons (Fsp3) is 0.172. The Balaban J connectivity index is 1.61. The molecule has 0 fully saturated rings. The number of aromatic nitrogens is 1. The number of para-hydroxylation sites is 2. The van der Waals surface area contributed by atoms with Crippen molar-refractivity contribution in [3.05, 3.63) is 107 Å². The number of nitrogens with zero attached hydrogens (tertiary/aromatic N) is 2. The van der Waals surface area contributed by atoms with E-state index in [2.05, 4.69) is 17.9 Å². The summed E-state index contributed by atoms with van der Waals surface area (Å²) in [5, 5.41) is 10.8. The topological polar surface area (TPSA) is 62.7 Å². The average Bonchev–Trinajstić information content (AvgIpc) is 2.87. The van der Waals surface area contributed by atoms with Gasteiger partial charge in [-0.2, -0.15) is 0 Å². The number of fused-ring (bicyclic) bond motifs is 2. The molecule has 0 saturated carbocycles. The number of ether oxygens (including phenoxy) is 1. The number of pyridine rings is 1. The summed E-state index contributed by atoms with van der Waals surface area (Å²) in [5.41, 5.74) is 5.62. The minimum absolute atomic E-state index is 0.346. The van der Waals surface area contributed by atoms with Gasteiger partial charge in [-0.25, -0.2) is 9.78 Å². The van der Waals surface area contributed by atoms with Gasteiger partial charge in [-0.05, 0) is 35.9 Å². The largest absolute Gasteiger partial charge is 0.488 e. The molecule has 2 heterocycles. The van der Waals surface area contributed by atoms with Crippen molar-refractivity contribution in [2.75, 3.05) is 13.1 Å². The Hall–Kier alpha value is -3.96. The normalized spacial score (nSPS) is 14.8. The molecule has 0 radical (unpaired) electrons. The molecular formula is C29H26N2O3. The van der Waals surface area contributed by atoms with Gasteiger partial charge in [0.25, 0.3) is 0 Å². The molecule has 4 aromatic rings. The smallest absolute Gasteiger partial charge is 0.336 e. The van der Waals surface area contributed by atoms with Crippen molar-refractivity contribution in [3.63, 3.8) is 0 Å². The highest BCUT2D eigenvalue weighted by molar-refractivity contribution is 6.06. The molecule has 34 heavy (non-hydrogen) atoms. The van der Waals surface area contributed by atoms with Crippen molar-refractivity contribution in [2.24, 2.45) is 0 Å². The van der Waals surface area contributed by atoms with Gasteiger partial charge in [-0.3, -0.25) is 4.90 Å². The van der Waals surface area contributed by atoms with Crippen LogP contribution in [0, 0.1) is 0 Å². The molecule has 1 aliphatic rings. The maximum atomic E-state index is 12.3. The van der Waals surface area contributed by atoms with Gasteiger partial charge < -0.3 is 9.84 Å². The summed E-state index contributed by atoms with van der Waals surface area (Å²) in [5.74, 6) is -0.132. The van der Waals surface area contributed by atoms with Crippen molar-refractivity contribution < 1.29 is 14.6 Å². The molecule has 1 aliphatic heterocycles. The van der Waals surface area contributed by atoms with Gasteiger partial charge in [-0.1, -0.05) is 73.7 Å². The third-order valence-electron chi connectivity index (χ3n) is 6.22. The number of carboxylic acid groups (broad SMARTS) is 1. The first-order chi connectivity index (χ1) is 16.6. The van der Waals surface area contributed by atoms with Gasteiger partial charge in [0.05, 0.1) is 16.8 Å². The summed E-state index contributed by atoms with van der Waals surface area (Å²) in [6.07, 6.45) is 2.09. The van der Waals surface area contributed by atoms with E-state index in [1.807, 2.05) is 78.9 Å². The number of rotatable bonds is 6. The lowest BCUT2D eigenvalue weighted by Gasteiger charge is -2.30. The molecule has 0 atom stereocenters. The SMILES string of the molecule is CCN1C/C(=C/c2ccccc2OCc2ccccc2)c2nc3ccccc3c(C(=O)O)c2C1. The number of aromatic carboxylic acids is 1. The molecule has 0 aliphatic carbocycles. The van der Waals surface area contributed by atoms with Gasteiger partial charge in [0.1, 0.15) is 12.4 Å². The van der Waals surface area contributed by atoms with Gasteiger partial charge in [-0.15, -0.1) is 0 Å². The molecular weight excluding hydrogens is 424 g/mol. The first-order valence-electron chi connectivity index (χ1n) is 11.5. The number of carbonyl (C=O) groups is 1. The number of hydrogen-bond acceptors (Lipinski definition) is 4. The van der Waals surface area contributed by atoms with Crippen LogP contribution >= 0.6 is 0 Å². The van der Waals surface area contributed by atoms with Crippen LogP contribution < -0.4 is 4.74 Å². The lowest BCUT2D eigenvalue weighted by atomic mass is 9.92. The predicted molar refractivity (Wildman–Crippen MR) is 135 cm³/mol. The highest BCUT2D eigenvalue weighted by atomic mass is 16.5. The zero-order chi connectivity index (χ0) is 23.5. The van der Waals surface area contributed by atoms with E-state index in [1.165, 1.54) is 0 Å². The van der Waals surface area contributed by atoms with Crippen LogP contribution in [0.5, 0.6) is 5.75 Å². The molecule has 3 aromatic carbocycles. The standard InChI is InChI=1S/C29H26N2O3/c1-2-31-17-22(16-21-12-6-9-15-26(21)34-19-20-10-4-3-5-11-20)28-24(18-31)27(29(32)33)23-13-7-8-14-25(23)30-28/h3-16H,2,17-19H2,1H3,(H,32,33)/b22-16-. The molecule has 0 spiro atoms. The Morgan fingerprint density at radius 2 is 1.74 bits per heavy atom. The lowest BCUT2D eigenvalue weighted by Crippen LogP contribution is -2.31. The maximum Gasteiger partial charge on any atom is 0.336 e. The molecule has 1 aromatic heterocycles. The Labute approximate surface area is 199 Å². The zero-order valence-corrected chi connectivity index (χ0v) is 19.1. The molecule has 0 amide bonds. The van der Waals surface area contributed by atoms with E-state index < -0.39 is 5.97 Å². The van der Waals surface area contributed by atoms with Crippen molar-refractivity contribution in [3.8, 4) is 5.75 Å². The van der Waals surface area contributed by atoms with E-state index in [0.717, 1.165) is 40.3 Å². The lowest BCUT2D eigenvalue weighted by molar-refractivity contribution is 0.0696. The van der Waals surface area contributed by atoms with Crippen LogP contribution in [0.1, 0.15) is 39.7 Å². The summed E-state index contributed by atoms with van der Waals surface area (Å²) in [6.45, 7) is 4.64. The molecule has 170 valence electrons. The van der Waals surface area contributed by atoms with E-state index in [-0.39, 0.29) is 0 Å². The van der Waals surface area contributed by atoms with E-state index in [1.54, 1.807) is 0 Å². The van der Waals surface area contributed by atoms with E-state index >= 15 is 0 Å². The minimum atomic E-state index is -0.918. The van der Waals surface area contributed by atoms with Crippen LogP contribution in [0.3, 0.4) is 0 Å². The fourth-order valence-corrected chi connectivity index (χ4v) is 4.50. The van der Waals surface area contributed by atoms with E-state index in [0.29, 0.717) is 36.2 Å². The molecule has 0 saturated heterocycles. The van der Waals surface area contributed by atoms with Gasteiger partial charge >= 0.3 is 5.97 Å². The van der Waals surface area contributed by atoms with E-state index in [4.69, 9.17) is 9.72 Å². The van der Waals surface area contributed by atoms with Crippen LogP contribution in [-0.4, -0.2) is 34.0 Å². The second-order valence-corrected chi connectivity index (χ2v) is 8.42. The predicted octanol–water partition coefficient (Wildman–Crippen LogP) is 5.89. The number of carboxylic acids is 1. The molecule has 0 bridgehead atoms. The number of likely N-dealkylation sites (N-methyl/N-ethyl adjacent to an activating group) is 1. The number of benzene rings is 3. The molecule has 5 heteroatoms. The van der Waals surface area contributed by atoms with Gasteiger partial charge in [0.15, 0.2) is 0 Å². The molecule has 0 unspecified atom stereocenters. The quantitative estimate of drug-likeness (QED) is 0.397. The first kappa shape index (κ1) is 21.9.